The summed E-state index contributed by atoms with van der Waals surface area (Å²) in [4.78, 5) is 14.9. The highest BCUT2D eigenvalue weighted by atomic mass is 32.1. The van der Waals surface area contributed by atoms with Gasteiger partial charge in [-0.3, -0.25) is 0 Å². The highest BCUT2D eigenvalue weighted by molar-refractivity contribution is 7.09. The van der Waals surface area contributed by atoms with Crippen LogP contribution in [0.3, 0.4) is 0 Å². The Labute approximate surface area is 99.5 Å². The Morgan fingerprint density at radius 2 is 2.06 bits per heavy atom. The van der Waals surface area contributed by atoms with Gasteiger partial charge < -0.3 is 5.11 Å². The third-order valence-electron chi connectivity index (χ3n) is 3.21. The van der Waals surface area contributed by atoms with Gasteiger partial charge in [0.25, 0.3) is 0 Å². The molecule has 0 saturated heterocycles. The van der Waals surface area contributed by atoms with Gasteiger partial charge >= 0.3 is 5.97 Å². The Morgan fingerprint density at radius 1 is 1.38 bits per heavy atom. The molecule has 88 valence electrons. The molecule has 1 aliphatic rings. The van der Waals surface area contributed by atoms with Gasteiger partial charge in [-0.2, -0.15) is 0 Å². The highest BCUT2D eigenvalue weighted by Crippen LogP contribution is 2.27. The van der Waals surface area contributed by atoms with Gasteiger partial charge in [0.15, 0.2) is 5.69 Å². The maximum absolute atomic E-state index is 10.7. The van der Waals surface area contributed by atoms with Crippen molar-refractivity contribution in [2.24, 2.45) is 5.92 Å². The van der Waals surface area contributed by atoms with Crippen LogP contribution in [-0.2, 0) is 6.42 Å². The van der Waals surface area contributed by atoms with Crippen LogP contribution in [0.2, 0.25) is 0 Å². The third kappa shape index (κ3) is 3.04. The average Bonchev–Trinajstić information content (AvgIpc) is 2.56. The van der Waals surface area contributed by atoms with E-state index in [0.717, 1.165) is 17.3 Å². The Morgan fingerprint density at radius 3 is 2.62 bits per heavy atom. The largest absolute Gasteiger partial charge is 0.476 e. The number of rotatable bonds is 3. The number of aromatic carboxylic acids is 1. The summed E-state index contributed by atoms with van der Waals surface area (Å²) in [5.74, 6) is -0.196. The smallest absolute Gasteiger partial charge is 0.355 e. The van der Waals surface area contributed by atoms with Crippen molar-refractivity contribution in [3.63, 3.8) is 0 Å². The van der Waals surface area contributed by atoms with Crippen LogP contribution in [0.15, 0.2) is 5.38 Å². The molecule has 0 amide bonds. The van der Waals surface area contributed by atoms with Crippen molar-refractivity contribution >= 4 is 17.3 Å². The fraction of sp³-hybridized carbons (Fsp3) is 0.667. The Bertz CT molecular complexity index is 354. The number of carbonyl (C=O) groups is 1. The van der Waals surface area contributed by atoms with Crippen LogP contribution in [0, 0.1) is 5.92 Å². The normalized spacial score (nSPS) is 18.2. The van der Waals surface area contributed by atoms with E-state index in [1.807, 2.05) is 0 Å². The van der Waals surface area contributed by atoms with Crippen LogP contribution >= 0.6 is 11.3 Å². The molecule has 2 rings (SSSR count). The van der Waals surface area contributed by atoms with Crippen LogP contribution in [0.1, 0.15) is 54.0 Å². The molecule has 1 N–H and O–H groups in total. The molecule has 0 bridgehead atoms. The Kier molecular flexibility index (Phi) is 3.93. The van der Waals surface area contributed by atoms with Crippen molar-refractivity contribution in [3.8, 4) is 0 Å². The zero-order chi connectivity index (χ0) is 11.4. The van der Waals surface area contributed by atoms with E-state index < -0.39 is 5.97 Å². The van der Waals surface area contributed by atoms with Gasteiger partial charge in [-0.05, 0) is 5.92 Å². The lowest BCUT2D eigenvalue weighted by Gasteiger charge is -2.11. The summed E-state index contributed by atoms with van der Waals surface area (Å²) < 4.78 is 0. The van der Waals surface area contributed by atoms with Crippen molar-refractivity contribution in [1.29, 1.82) is 0 Å². The molecule has 3 nitrogen and oxygen atoms in total. The zero-order valence-electron chi connectivity index (χ0n) is 9.32. The molecule has 0 aliphatic heterocycles. The topological polar surface area (TPSA) is 50.2 Å². The number of carboxylic acid groups (broad SMARTS) is 1. The quantitative estimate of drug-likeness (QED) is 0.823. The van der Waals surface area contributed by atoms with E-state index in [4.69, 9.17) is 5.11 Å². The summed E-state index contributed by atoms with van der Waals surface area (Å²) in [5, 5.41) is 11.4. The van der Waals surface area contributed by atoms with Gasteiger partial charge in [-0.25, -0.2) is 9.78 Å². The summed E-state index contributed by atoms with van der Waals surface area (Å²) in [6.45, 7) is 0. The second-order valence-corrected chi connectivity index (χ2v) is 5.44. The lowest BCUT2D eigenvalue weighted by Crippen LogP contribution is -2.04. The van der Waals surface area contributed by atoms with Gasteiger partial charge in [-0.15, -0.1) is 11.3 Å². The summed E-state index contributed by atoms with van der Waals surface area (Å²) in [5.41, 5.74) is 0.202. The Balaban J connectivity index is 1.94. The second kappa shape index (κ2) is 5.43. The van der Waals surface area contributed by atoms with E-state index in [1.165, 1.54) is 49.9 Å². The standard InChI is InChI=1S/C12H17NO2S/c14-12(15)10-8-16-11(13-10)7-9-5-3-1-2-4-6-9/h8-9H,1-7H2,(H,14,15). The number of aromatic nitrogens is 1. The molecule has 0 spiro atoms. The number of carboxylic acids is 1. The monoisotopic (exact) mass is 239 g/mol. The predicted octanol–water partition coefficient (Wildman–Crippen LogP) is 3.35. The minimum absolute atomic E-state index is 0.202. The first-order valence-corrected chi connectivity index (χ1v) is 6.81. The number of hydrogen-bond acceptors (Lipinski definition) is 3. The molecule has 0 unspecified atom stereocenters. The van der Waals surface area contributed by atoms with E-state index >= 15 is 0 Å². The van der Waals surface area contributed by atoms with Gasteiger partial charge in [0, 0.05) is 11.8 Å². The first-order chi connectivity index (χ1) is 7.75. The van der Waals surface area contributed by atoms with Crippen LogP contribution in [-0.4, -0.2) is 16.1 Å². The number of thiazole rings is 1. The van der Waals surface area contributed by atoms with Gasteiger partial charge in [0.2, 0.25) is 0 Å². The third-order valence-corrected chi connectivity index (χ3v) is 4.08. The van der Waals surface area contributed by atoms with Crippen LogP contribution in [0.4, 0.5) is 0 Å². The average molecular weight is 239 g/mol. The highest BCUT2D eigenvalue weighted by Gasteiger charge is 2.16. The van der Waals surface area contributed by atoms with Crippen LogP contribution in [0.25, 0.3) is 0 Å². The summed E-state index contributed by atoms with van der Waals surface area (Å²) >= 11 is 1.49. The molecule has 1 fully saturated rings. The minimum Gasteiger partial charge on any atom is -0.476 e. The zero-order valence-corrected chi connectivity index (χ0v) is 10.1. The number of hydrogen-bond donors (Lipinski definition) is 1. The minimum atomic E-state index is -0.914. The molecule has 1 aromatic heterocycles. The van der Waals surface area contributed by atoms with Crippen molar-refractivity contribution in [2.75, 3.05) is 0 Å². The van der Waals surface area contributed by atoms with E-state index in [9.17, 15) is 4.79 Å². The van der Waals surface area contributed by atoms with Gasteiger partial charge in [-0.1, -0.05) is 38.5 Å². The molecular formula is C12H17NO2S. The van der Waals surface area contributed by atoms with Crippen molar-refractivity contribution in [1.82, 2.24) is 4.98 Å². The Hall–Kier alpha value is -0.900. The fourth-order valence-electron chi connectivity index (χ4n) is 2.32. The van der Waals surface area contributed by atoms with E-state index in [1.54, 1.807) is 5.38 Å². The first-order valence-electron chi connectivity index (χ1n) is 5.93. The molecule has 16 heavy (non-hydrogen) atoms. The summed E-state index contributed by atoms with van der Waals surface area (Å²) in [7, 11) is 0. The van der Waals surface area contributed by atoms with Crippen LogP contribution in [0.5, 0.6) is 0 Å². The van der Waals surface area contributed by atoms with E-state index in [2.05, 4.69) is 4.98 Å². The fourth-order valence-corrected chi connectivity index (χ4v) is 3.20. The van der Waals surface area contributed by atoms with Crippen molar-refractivity contribution in [3.05, 3.63) is 16.1 Å². The second-order valence-electron chi connectivity index (χ2n) is 4.49. The van der Waals surface area contributed by atoms with Gasteiger partial charge in [0.05, 0.1) is 5.01 Å². The summed E-state index contributed by atoms with van der Waals surface area (Å²) in [6, 6.07) is 0. The molecule has 1 saturated carbocycles. The van der Waals surface area contributed by atoms with Crippen molar-refractivity contribution < 1.29 is 9.90 Å². The maximum Gasteiger partial charge on any atom is 0.355 e. The number of nitrogens with zero attached hydrogens (tertiary/aromatic N) is 1. The molecule has 1 aliphatic carbocycles. The molecule has 0 radical (unpaired) electrons. The summed E-state index contributed by atoms with van der Waals surface area (Å²) in [6.07, 6.45) is 8.88. The predicted molar refractivity (Wildman–Crippen MR) is 64.0 cm³/mol. The molecular weight excluding hydrogens is 222 g/mol. The molecule has 0 aromatic carbocycles. The van der Waals surface area contributed by atoms with Crippen LogP contribution < -0.4 is 0 Å². The first kappa shape index (κ1) is 11.6. The maximum atomic E-state index is 10.7. The van der Waals surface area contributed by atoms with E-state index in [-0.39, 0.29) is 5.69 Å². The molecule has 0 atom stereocenters. The molecule has 1 aromatic rings. The lowest BCUT2D eigenvalue weighted by molar-refractivity contribution is 0.0691. The van der Waals surface area contributed by atoms with E-state index in [0.29, 0.717) is 0 Å². The molecule has 1 heterocycles. The van der Waals surface area contributed by atoms with Gasteiger partial charge in [0.1, 0.15) is 0 Å². The van der Waals surface area contributed by atoms with Crippen molar-refractivity contribution in [2.45, 2.75) is 44.9 Å². The molecule has 4 heteroatoms. The SMILES string of the molecule is O=C(O)c1csc(CC2CCCCCC2)n1. The lowest BCUT2D eigenvalue weighted by atomic mass is 9.97.